The van der Waals surface area contributed by atoms with Crippen LogP contribution in [0.15, 0.2) is 18.2 Å². The number of aliphatic hydroxyl groups is 2. The van der Waals surface area contributed by atoms with E-state index < -0.39 is 24.5 Å². The Labute approximate surface area is 139 Å². The molecule has 0 aromatic heterocycles. The fourth-order valence-electron chi connectivity index (χ4n) is 2.80. The summed E-state index contributed by atoms with van der Waals surface area (Å²) < 4.78 is 44.6. The minimum Gasteiger partial charge on any atom is -0.394 e. The van der Waals surface area contributed by atoms with Crippen molar-refractivity contribution in [2.24, 2.45) is 0 Å². The van der Waals surface area contributed by atoms with Crippen LogP contribution >= 0.6 is 0 Å². The predicted molar refractivity (Wildman–Crippen MR) is 85.2 cm³/mol. The summed E-state index contributed by atoms with van der Waals surface area (Å²) in [5, 5.41) is 21.2. The third-order valence-corrected chi connectivity index (χ3v) is 3.82. The second-order valence-electron chi connectivity index (χ2n) is 6.11. The van der Waals surface area contributed by atoms with Gasteiger partial charge in [0.2, 0.25) is 0 Å². The van der Waals surface area contributed by atoms with Gasteiger partial charge in [-0.3, -0.25) is 0 Å². The molecule has 1 aliphatic rings. The summed E-state index contributed by atoms with van der Waals surface area (Å²) in [6, 6.07) is 3.51. The van der Waals surface area contributed by atoms with Crippen molar-refractivity contribution in [3.05, 3.63) is 23.8 Å². The van der Waals surface area contributed by atoms with Crippen LogP contribution in [-0.4, -0.2) is 54.8 Å². The van der Waals surface area contributed by atoms with Gasteiger partial charge in [0, 0.05) is 19.6 Å². The van der Waals surface area contributed by atoms with E-state index in [9.17, 15) is 18.3 Å². The molecule has 0 bridgehead atoms. The Balaban J connectivity index is 2.30. The van der Waals surface area contributed by atoms with Crippen LogP contribution in [0.25, 0.3) is 0 Å². The lowest BCUT2D eigenvalue weighted by Gasteiger charge is -2.38. The number of hydrogen-bond donors (Lipinski definition) is 3. The Bertz CT molecular complexity index is 544. The Morgan fingerprint density at radius 1 is 1.29 bits per heavy atom. The van der Waals surface area contributed by atoms with Crippen molar-refractivity contribution < 1.29 is 28.1 Å². The minimum atomic E-state index is -4.45. The van der Waals surface area contributed by atoms with Crippen LogP contribution < -0.4 is 10.2 Å². The summed E-state index contributed by atoms with van der Waals surface area (Å²) in [6.45, 7) is 4.44. The topological polar surface area (TPSA) is 65.0 Å². The van der Waals surface area contributed by atoms with E-state index >= 15 is 0 Å². The molecule has 0 amide bonds. The fraction of sp³-hybridized carbons (Fsp3) is 0.625. The SMILES string of the molecule is CC1CN(c2ccc(C(F)(F)F)cc2NCC(O)CO)CC(C)O1. The second kappa shape index (κ2) is 7.58. The normalized spacial score (nSPS) is 23.2. The number of benzene rings is 1. The molecule has 3 N–H and O–H groups in total. The first kappa shape index (κ1) is 18.8. The maximum atomic E-state index is 13.0. The summed E-state index contributed by atoms with van der Waals surface area (Å²) in [6.07, 6.45) is -5.57. The highest BCUT2D eigenvalue weighted by Crippen LogP contribution is 2.36. The molecule has 1 fully saturated rings. The van der Waals surface area contributed by atoms with Crippen LogP contribution in [0.1, 0.15) is 19.4 Å². The van der Waals surface area contributed by atoms with Crippen LogP contribution in [0.5, 0.6) is 0 Å². The zero-order chi connectivity index (χ0) is 17.9. The first-order valence-electron chi connectivity index (χ1n) is 7.85. The molecule has 1 aromatic carbocycles. The van der Waals surface area contributed by atoms with E-state index in [1.807, 2.05) is 18.7 Å². The van der Waals surface area contributed by atoms with E-state index in [0.29, 0.717) is 18.8 Å². The van der Waals surface area contributed by atoms with Gasteiger partial charge < -0.3 is 25.2 Å². The molecule has 1 aromatic rings. The largest absolute Gasteiger partial charge is 0.416 e. The van der Waals surface area contributed by atoms with Crippen LogP contribution in [0, 0.1) is 0 Å². The zero-order valence-electron chi connectivity index (χ0n) is 13.7. The molecule has 0 radical (unpaired) electrons. The fourth-order valence-corrected chi connectivity index (χ4v) is 2.80. The number of alkyl halides is 3. The lowest BCUT2D eigenvalue weighted by molar-refractivity contribution is -0.137. The number of halogens is 3. The van der Waals surface area contributed by atoms with E-state index in [1.165, 1.54) is 6.07 Å². The molecular weight excluding hydrogens is 325 g/mol. The Morgan fingerprint density at radius 2 is 1.92 bits per heavy atom. The molecule has 1 heterocycles. The van der Waals surface area contributed by atoms with Gasteiger partial charge in [0.25, 0.3) is 0 Å². The van der Waals surface area contributed by atoms with Crippen molar-refractivity contribution in [3.8, 4) is 0 Å². The molecule has 3 atom stereocenters. The Morgan fingerprint density at radius 3 is 2.46 bits per heavy atom. The summed E-state index contributed by atoms with van der Waals surface area (Å²) in [7, 11) is 0. The summed E-state index contributed by atoms with van der Waals surface area (Å²) >= 11 is 0. The smallest absolute Gasteiger partial charge is 0.394 e. The monoisotopic (exact) mass is 348 g/mol. The number of ether oxygens (including phenoxy) is 1. The van der Waals surface area contributed by atoms with Gasteiger partial charge in [-0.25, -0.2) is 0 Å². The van der Waals surface area contributed by atoms with Gasteiger partial charge in [0.05, 0.1) is 41.9 Å². The third-order valence-electron chi connectivity index (χ3n) is 3.82. The van der Waals surface area contributed by atoms with Gasteiger partial charge in [-0.05, 0) is 32.0 Å². The minimum absolute atomic E-state index is 0.0353. The average Bonchev–Trinajstić information content (AvgIpc) is 2.50. The molecule has 136 valence electrons. The quantitative estimate of drug-likeness (QED) is 0.760. The van der Waals surface area contributed by atoms with Crippen molar-refractivity contribution in [2.45, 2.75) is 38.3 Å². The molecule has 0 saturated carbocycles. The number of nitrogens with one attached hydrogen (secondary N) is 1. The van der Waals surface area contributed by atoms with Crippen molar-refractivity contribution in [2.75, 3.05) is 36.5 Å². The van der Waals surface area contributed by atoms with Gasteiger partial charge in [0.15, 0.2) is 0 Å². The highest BCUT2D eigenvalue weighted by molar-refractivity contribution is 5.71. The molecule has 1 saturated heterocycles. The van der Waals surface area contributed by atoms with Crippen LogP contribution in [-0.2, 0) is 10.9 Å². The average molecular weight is 348 g/mol. The number of morpholine rings is 1. The summed E-state index contributed by atoms with van der Waals surface area (Å²) in [5.74, 6) is 0. The van der Waals surface area contributed by atoms with E-state index in [-0.39, 0.29) is 24.4 Å². The van der Waals surface area contributed by atoms with Crippen molar-refractivity contribution in [3.63, 3.8) is 0 Å². The van der Waals surface area contributed by atoms with Crippen molar-refractivity contribution in [1.82, 2.24) is 0 Å². The van der Waals surface area contributed by atoms with E-state index in [4.69, 9.17) is 9.84 Å². The molecule has 8 heteroatoms. The zero-order valence-corrected chi connectivity index (χ0v) is 13.7. The van der Waals surface area contributed by atoms with Gasteiger partial charge in [-0.15, -0.1) is 0 Å². The molecule has 24 heavy (non-hydrogen) atoms. The van der Waals surface area contributed by atoms with Crippen molar-refractivity contribution in [1.29, 1.82) is 0 Å². The van der Waals surface area contributed by atoms with Crippen LogP contribution in [0.2, 0.25) is 0 Å². The maximum Gasteiger partial charge on any atom is 0.416 e. The lowest BCUT2D eigenvalue weighted by Crippen LogP contribution is -2.45. The molecule has 2 rings (SSSR count). The van der Waals surface area contributed by atoms with E-state index in [2.05, 4.69) is 5.32 Å². The number of rotatable bonds is 5. The Hall–Kier alpha value is -1.51. The van der Waals surface area contributed by atoms with E-state index in [1.54, 1.807) is 0 Å². The first-order chi connectivity index (χ1) is 11.2. The molecular formula is C16H23F3N2O3. The van der Waals surface area contributed by atoms with E-state index in [0.717, 1.165) is 12.1 Å². The number of hydrogen-bond acceptors (Lipinski definition) is 5. The number of aliphatic hydroxyl groups excluding tert-OH is 2. The molecule has 0 spiro atoms. The molecule has 1 aliphatic heterocycles. The van der Waals surface area contributed by atoms with Crippen LogP contribution in [0.4, 0.5) is 24.5 Å². The number of nitrogens with zero attached hydrogens (tertiary/aromatic N) is 1. The van der Waals surface area contributed by atoms with Gasteiger partial charge in [-0.1, -0.05) is 0 Å². The van der Waals surface area contributed by atoms with Crippen LogP contribution in [0.3, 0.4) is 0 Å². The molecule has 5 nitrogen and oxygen atoms in total. The van der Waals surface area contributed by atoms with Gasteiger partial charge >= 0.3 is 6.18 Å². The predicted octanol–water partition coefficient (Wildman–Crippen LogP) is 2.08. The maximum absolute atomic E-state index is 13.0. The highest BCUT2D eigenvalue weighted by atomic mass is 19.4. The molecule has 3 unspecified atom stereocenters. The summed E-state index contributed by atoms with van der Waals surface area (Å²) in [4.78, 5) is 1.96. The second-order valence-corrected chi connectivity index (χ2v) is 6.11. The summed E-state index contributed by atoms with van der Waals surface area (Å²) in [5.41, 5.74) is 0.135. The Kier molecular flexibility index (Phi) is 5.95. The number of anilines is 2. The lowest BCUT2D eigenvalue weighted by atomic mass is 10.1. The third kappa shape index (κ3) is 4.75. The highest BCUT2D eigenvalue weighted by Gasteiger charge is 2.32. The van der Waals surface area contributed by atoms with Gasteiger partial charge in [-0.2, -0.15) is 13.2 Å². The molecule has 0 aliphatic carbocycles. The van der Waals surface area contributed by atoms with Gasteiger partial charge in [0.1, 0.15) is 0 Å². The van der Waals surface area contributed by atoms with Crippen molar-refractivity contribution >= 4 is 11.4 Å². The standard InChI is InChI=1S/C16H23F3N2O3/c1-10-7-21(8-11(2)24-10)15-4-3-12(16(17,18)19)5-14(15)20-6-13(23)9-22/h3-5,10-11,13,20,22-23H,6-9H2,1-2H3. The first-order valence-corrected chi connectivity index (χ1v) is 7.85.